The molecule has 1 spiro atoms. The van der Waals surface area contributed by atoms with Gasteiger partial charge in [-0.05, 0) is 42.8 Å². The fourth-order valence-electron chi connectivity index (χ4n) is 3.78. The van der Waals surface area contributed by atoms with Crippen molar-refractivity contribution in [2.75, 3.05) is 31.1 Å². The molecule has 134 valence electrons. The van der Waals surface area contributed by atoms with E-state index in [1.54, 1.807) is 18.2 Å². The first kappa shape index (κ1) is 16.5. The summed E-state index contributed by atoms with van der Waals surface area (Å²) in [4.78, 5) is 2.25. The number of hydrogen-bond donors (Lipinski definition) is 4. The Morgan fingerprint density at radius 3 is 2.69 bits per heavy atom. The predicted molar refractivity (Wildman–Crippen MR) is 102 cm³/mol. The Bertz CT molecular complexity index is 847. The lowest BCUT2D eigenvalue weighted by atomic mass is 9.79. The lowest BCUT2D eigenvalue weighted by molar-refractivity contribution is 0.241. The van der Waals surface area contributed by atoms with Gasteiger partial charge in [0, 0.05) is 48.6 Å². The Hall–Kier alpha value is -2.93. The molecule has 4 rings (SSSR count). The highest BCUT2D eigenvalue weighted by Crippen LogP contribution is 2.38. The highest BCUT2D eigenvalue weighted by molar-refractivity contribution is 6.08. The molecule has 1 aromatic carbocycles. The van der Waals surface area contributed by atoms with Gasteiger partial charge < -0.3 is 26.5 Å². The zero-order valence-electron chi connectivity index (χ0n) is 14.4. The molecule has 1 aromatic heterocycles. The van der Waals surface area contributed by atoms with E-state index < -0.39 is 0 Å². The van der Waals surface area contributed by atoms with Gasteiger partial charge in [0.2, 0.25) is 0 Å². The summed E-state index contributed by atoms with van der Waals surface area (Å²) >= 11 is 0. The Balaban J connectivity index is 1.51. The van der Waals surface area contributed by atoms with Crippen molar-refractivity contribution in [3.05, 3.63) is 42.1 Å². The fraction of sp³-hybridized carbons (Fsp3) is 0.316. The van der Waals surface area contributed by atoms with Gasteiger partial charge in [0.1, 0.15) is 5.75 Å². The van der Waals surface area contributed by atoms with Crippen LogP contribution in [0.1, 0.15) is 12.0 Å². The van der Waals surface area contributed by atoms with Crippen LogP contribution < -0.4 is 16.0 Å². The molecule has 2 aliphatic rings. The number of allylic oxidation sites excluding steroid dienone is 1. The predicted octanol–water partition coefficient (Wildman–Crippen LogP) is 1.60. The van der Waals surface area contributed by atoms with Crippen LogP contribution in [0.25, 0.3) is 16.8 Å². The Morgan fingerprint density at radius 2 is 2.12 bits per heavy atom. The van der Waals surface area contributed by atoms with Crippen molar-refractivity contribution in [2.24, 2.45) is 11.1 Å². The Morgan fingerprint density at radius 1 is 1.27 bits per heavy atom. The van der Waals surface area contributed by atoms with E-state index in [0.717, 1.165) is 38.2 Å². The number of nitrogens with zero attached hydrogens (tertiary/aromatic N) is 3. The topological polar surface area (TPSA) is 111 Å². The minimum atomic E-state index is 0.0886. The van der Waals surface area contributed by atoms with Crippen molar-refractivity contribution in [1.82, 2.24) is 15.5 Å². The van der Waals surface area contributed by atoms with Gasteiger partial charge in [-0.2, -0.15) is 0 Å². The third-order valence-corrected chi connectivity index (χ3v) is 5.30. The average molecular weight is 350 g/mol. The lowest BCUT2D eigenvalue weighted by Gasteiger charge is -2.48. The normalized spacial score (nSPS) is 18.8. The third kappa shape index (κ3) is 2.80. The minimum Gasteiger partial charge on any atom is -0.507 e. The smallest absolute Gasteiger partial charge is 0.151 e. The van der Waals surface area contributed by atoms with Crippen LogP contribution in [0.4, 0.5) is 5.82 Å². The van der Waals surface area contributed by atoms with Gasteiger partial charge in [-0.1, -0.05) is 6.07 Å². The van der Waals surface area contributed by atoms with Crippen molar-refractivity contribution in [2.45, 2.75) is 6.42 Å². The van der Waals surface area contributed by atoms with Crippen LogP contribution in [0.2, 0.25) is 0 Å². The zero-order valence-corrected chi connectivity index (χ0v) is 14.4. The van der Waals surface area contributed by atoms with E-state index in [4.69, 9.17) is 11.1 Å². The maximum Gasteiger partial charge on any atom is 0.151 e. The molecule has 2 aliphatic heterocycles. The van der Waals surface area contributed by atoms with Gasteiger partial charge in [0.25, 0.3) is 0 Å². The third-order valence-electron chi connectivity index (χ3n) is 5.30. The molecule has 0 unspecified atom stereocenters. The number of rotatable bonds is 4. The number of hydrogen-bond acceptors (Lipinski definition) is 7. The standard InChI is InChI=1S/C19H22N6O/c20-8-14(9-21)13-1-2-15(17(26)7-13)16-3-4-18(24-23-16)25-11-19(12-25)5-6-22-10-19/h1-4,7-9,20,22,26H,5-6,10-12,21H2/b14-9+,20-8?. The van der Waals surface area contributed by atoms with E-state index in [1.807, 2.05) is 12.1 Å². The molecule has 7 heteroatoms. The molecule has 0 saturated carbocycles. The molecule has 0 bridgehead atoms. The van der Waals surface area contributed by atoms with Gasteiger partial charge in [-0.15, -0.1) is 10.2 Å². The van der Waals surface area contributed by atoms with E-state index >= 15 is 0 Å². The van der Waals surface area contributed by atoms with Crippen LogP contribution >= 0.6 is 0 Å². The summed E-state index contributed by atoms with van der Waals surface area (Å²) in [5, 5.41) is 29.7. The number of aromatic nitrogens is 2. The molecule has 0 amide bonds. The first-order valence-corrected chi connectivity index (χ1v) is 8.70. The fourth-order valence-corrected chi connectivity index (χ4v) is 3.78. The van der Waals surface area contributed by atoms with E-state index in [1.165, 1.54) is 12.6 Å². The van der Waals surface area contributed by atoms with E-state index in [-0.39, 0.29) is 5.75 Å². The molecule has 3 heterocycles. The van der Waals surface area contributed by atoms with E-state index in [2.05, 4.69) is 20.4 Å². The minimum absolute atomic E-state index is 0.0886. The molecule has 5 N–H and O–H groups in total. The monoisotopic (exact) mass is 350 g/mol. The number of nitrogens with one attached hydrogen (secondary N) is 2. The molecule has 0 radical (unpaired) electrons. The van der Waals surface area contributed by atoms with Crippen LogP contribution in [0.3, 0.4) is 0 Å². The quantitative estimate of drug-likeness (QED) is 0.623. The van der Waals surface area contributed by atoms with Crippen molar-refractivity contribution in [3.63, 3.8) is 0 Å². The maximum absolute atomic E-state index is 10.3. The zero-order chi connectivity index (χ0) is 18.1. The largest absolute Gasteiger partial charge is 0.507 e. The van der Waals surface area contributed by atoms with Crippen LogP contribution in [0.15, 0.2) is 36.5 Å². The molecule has 0 aliphatic carbocycles. The number of nitrogens with two attached hydrogens (primary N) is 1. The molecular weight excluding hydrogens is 328 g/mol. The van der Waals surface area contributed by atoms with Crippen molar-refractivity contribution in [1.29, 1.82) is 5.41 Å². The highest BCUT2D eigenvalue weighted by Gasteiger charge is 2.45. The summed E-state index contributed by atoms with van der Waals surface area (Å²) in [6.45, 7) is 4.23. The van der Waals surface area contributed by atoms with Crippen molar-refractivity contribution < 1.29 is 5.11 Å². The van der Waals surface area contributed by atoms with Crippen LogP contribution in [-0.4, -0.2) is 47.7 Å². The summed E-state index contributed by atoms with van der Waals surface area (Å²) < 4.78 is 0. The number of phenolic OH excluding ortho intramolecular Hbond substituents is 1. The molecular formula is C19H22N6O. The lowest BCUT2D eigenvalue weighted by Crippen LogP contribution is -2.57. The van der Waals surface area contributed by atoms with Crippen LogP contribution in [0, 0.1) is 10.8 Å². The van der Waals surface area contributed by atoms with Gasteiger partial charge >= 0.3 is 0 Å². The van der Waals surface area contributed by atoms with E-state index in [0.29, 0.717) is 27.8 Å². The highest BCUT2D eigenvalue weighted by atomic mass is 16.3. The van der Waals surface area contributed by atoms with Crippen molar-refractivity contribution >= 4 is 17.6 Å². The maximum atomic E-state index is 10.3. The summed E-state index contributed by atoms with van der Waals surface area (Å²) in [7, 11) is 0. The summed E-state index contributed by atoms with van der Waals surface area (Å²) in [6, 6.07) is 8.99. The Labute approximate surface area is 152 Å². The first-order chi connectivity index (χ1) is 12.6. The summed E-state index contributed by atoms with van der Waals surface area (Å²) in [6.07, 6.45) is 3.72. The van der Waals surface area contributed by atoms with Gasteiger partial charge in [-0.25, -0.2) is 0 Å². The van der Waals surface area contributed by atoms with Crippen LogP contribution in [0.5, 0.6) is 5.75 Å². The number of phenols is 1. The second-order valence-electron chi connectivity index (χ2n) is 7.06. The Kier molecular flexibility index (Phi) is 4.08. The number of aromatic hydroxyl groups is 1. The SMILES string of the molecule is N=C/C(=C\N)c1ccc(-c2ccc(N3CC4(CCNC4)C3)nn2)c(O)c1. The molecule has 26 heavy (non-hydrogen) atoms. The van der Waals surface area contributed by atoms with Gasteiger partial charge in [0.05, 0.1) is 5.69 Å². The van der Waals surface area contributed by atoms with Crippen molar-refractivity contribution in [3.8, 4) is 17.0 Å². The molecule has 2 saturated heterocycles. The number of anilines is 1. The first-order valence-electron chi connectivity index (χ1n) is 8.70. The molecule has 2 fully saturated rings. The van der Waals surface area contributed by atoms with Gasteiger partial charge in [0.15, 0.2) is 5.82 Å². The second kappa shape index (κ2) is 6.42. The molecule has 0 atom stereocenters. The molecule has 7 nitrogen and oxygen atoms in total. The molecule has 2 aromatic rings. The van der Waals surface area contributed by atoms with Crippen LogP contribution in [-0.2, 0) is 0 Å². The average Bonchev–Trinajstić information content (AvgIpc) is 3.12. The number of benzene rings is 1. The summed E-state index contributed by atoms with van der Waals surface area (Å²) in [5.74, 6) is 0.963. The second-order valence-corrected chi connectivity index (χ2v) is 7.06. The van der Waals surface area contributed by atoms with E-state index in [9.17, 15) is 5.11 Å². The summed E-state index contributed by atoms with van der Waals surface area (Å²) in [5.41, 5.74) is 8.36. The van der Waals surface area contributed by atoms with Gasteiger partial charge in [-0.3, -0.25) is 0 Å².